The molecule has 1 aliphatic carbocycles. The van der Waals surface area contributed by atoms with E-state index in [4.69, 9.17) is 4.74 Å². The molecule has 1 aromatic heterocycles. The zero-order chi connectivity index (χ0) is 21.0. The summed E-state index contributed by atoms with van der Waals surface area (Å²) in [7, 11) is 1.60. The van der Waals surface area contributed by atoms with Gasteiger partial charge < -0.3 is 9.64 Å². The lowest BCUT2D eigenvalue weighted by molar-refractivity contribution is -0.160. The molecule has 8 heteroatoms. The second-order valence-corrected chi connectivity index (χ2v) is 7.46. The quantitative estimate of drug-likeness (QED) is 0.774. The Morgan fingerprint density at radius 2 is 1.93 bits per heavy atom. The van der Waals surface area contributed by atoms with Crippen molar-refractivity contribution in [2.45, 2.75) is 57.1 Å². The molecule has 1 fully saturated rings. The van der Waals surface area contributed by atoms with Crippen LogP contribution in [-0.2, 0) is 20.7 Å². The van der Waals surface area contributed by atoms with Gasteiger partial charge in [-0.3, -0.25) is 14.4 Å². The molecule has 2 aromatic rings. The summed E-state index contributed by atoms with van der Waals surface area (Å²) in [6, 6.07) is 9.14. The molecule has 0 spiro atoms. The first-order chi connectivity index (χ1) is 13.9. The van der Waals surface area contributed by atoms with Crippen molar-refractivity contribution >= 4 is 22.6 Å². The van der Waals surface area contributed by atoms with Gasteiger partial charge in [-0.1, -0.05) is 37.5 Å². The second kappa shape index (κ2) is 8.43. The van der Waals surface area contributed by atoms with Gasteiger partial charge in [-0.05, 0) is 25.8 Å². The topological polar surface area (TPSA) is 116 Å². The first-order valence-electron chi connectivity index (χ1n) is 9.73. The van der Waals surface area contributed by atoms with Crippen molar-refractivity contribution in [1.29, 1.82) is 5.26 Å². The van der Waals surface area contributed by atoms with Gasteiger partial charge in [0.2, 0.25) is 0 Å². The monoisotopic (exact) mass is 396 g/mol. The summed E-state index contributed by atoms with van der Waals surface area (Å²) >= 11 is 0. The molecule has 152 valence electrons. The van der Waals surface area contributed by atoms with Crippen LogP contribution in [0.5, 0.6) is 0 Å². The SMILES string of the molecule is C[C@@H](OC(=O)Cc1n[nH]c(=O)c2ccccc12)C(=O)N(C)C1(C#N)CCCCC1. The van der Waals surface area contributed by atoms with Gasteiger partial charge in [0.25, 0.3) is 11.5 Å². The number of amides is 1. The van der Waals surface area contributed by atoms with Crippen molar-refractivity contribution in [3.05, 3.63) is 40.3 Å². The normalized spacial score (nSPS) is 16.6. The lowest BCUT2D eigenvalue weighted by Gasteiger charge is -2.39. The lowest BCUT2D eigenvalue weighted by Crippen LogP contribution is -2.53. The fourth-order valence-corrected chi connectivity index (χ4v) is 3.87. The summed E-state index contributed by atoms with van der Waals surface area (Å²) in [6.45, 7) is 1.50. The van der Waals surface area contributed by atoms with E-state index in [9.17, 15) is 19.6 Å². The van der Waals surface area contributed by atoms with Gasteiger partial charge in [-0.25, -0.2) is 5.10 Å². The number of nitriles is 1. The summed E-state index contributed by atoms with van der Waals surface area (Å²) in [4.78, 5) is 38.5. The lowest BCUT2D eigenvalue weighted by atomic mass is 9.81. The fourth-order valence-electron chi connectivity index (χ4n) is 3.87. The molecule has 0 saturated heterocycles. The van der Waals surface area contributed by atoms with E-state index in [0.29, 0.717) is 29.3 Å². The van der Waals surface area contributed by atoms with E-state index in [1.165, 1.54) is 11.8 Å². The number of carbonyl (C=O) groups is 2. The standard InChI is InChI=1S/C21H24N4O4/c1-14(20(28)25(2)21(13-22)10-6-3-7-11-21)29-18(26)12-17-15-8-4-5-9-16(15)19(27)24-23-17/h4-5,8-9,14H,3,6-7,10-12H2,1-2H3,(H,24,27)/t14-/m1/s1. The molecule has 1 aromatic carbocycles. The minimum Gasteiger partial charge on any atom is -0.452 e. The van der Waals surface area contributed by atoms with Crippen molar-refractivity contribution in [1.82, 2.24) is 15.1 Å². The van der Waals surface area contributed by atoms with Crippen molar-refractivity contribution in [3.63, 3.8) is 0 Å². The molecule has 1 N–H and O–H groups in total. The Balaban J connectivity index is 1.69. The van der Waals surface area contributed by atoms with Crippen LogP contribution >= 0.6 is 0 Å². The average molecular weight is 396 g/mol. The highest BCUT2D eigenvalue weighted by Crippen LogP contribution is 2.32. The van der Waals surface area contributed by atoms with E-state index in [2.05, 4.69) is 16.3 Å². The van der Waals surface area contributed by atoms with Crippen LogP contribution in [0.15, 0.2) is 29.1 Å². The van der Waals surface area contributed by atoms with Gasteiger partial charge >= 0.3 is 5.97 Å². The van der Waals surface area contributed by atoms with Crippen LogP contribution in [0.2, 0.25) is 0 Å². The summed E-state index contributed by atoms with van der Waals surface area (Å²) in [6.07, 6.45) is 2.89. The number of carbonyl (C=O) groups excluding carboxylic acids is 2. The molecule has 1 aliphatic rings. The zero-order valence-electron chi connectivity index (χ0n) is 16.6. The summed E-state index contributed by atoms with van der Waals surface area (Å²) < 4.78 is 5.33. The number of benzene rings is 1. The van der Waals surface area contributed by atoms with E-state index >= 15 is 0 Å². The third kappa shape index (κ3) is 4.14. The number of ether oxygens (including phenoxy) is 1. The Morgan fingerprint density at radius 1 is 1.28 bits per heavy atom. The van der Waals surface area contributed by atoms with E-state index < -0.39 is 23.5 Å². The molecule has 1 amide bonds. The van der Waals surface area contributed by atoms with Crippen LogP contribution in [0.3, 0.4) is 0 Å². The maximum absolute atomic E-state index is 12.8. The Morgan fingerprint density at radius 3 is 2.59 bits per heavy atom. The number of hydrogen-bond donors (Lipinski definition) is 1. The maximum Gasteiger partial charge on any atom is 0.312 e. The van der Waals surface area contributed by atoms with Gasteiger partial charge in [0.1, 0.15) is 5.54 Å². The van der Waals surface area contributed by atoms with Crippen LogP contribution in [-0.4, -0.2) is 45.7 Å². The number of rotatable bonds is 5. The number of nitrogens with zero attached hydrogens (tertiary/aromatic N) is 3. The van der Waals surface area contributed by atoms with E-state index in [1.54, 1.807) is 31.3 Å². The molecule has 29 heavy (non-hydrogen) atoms. The minimum atomic E-state index is -1.02. The van der Waals surface area contributed by atoms with Gasteiger partial charge in [0.15, 0.2) is 6.10 Å². The molecule has 1 heterocycles. The summed E-state index contributed by atoms with van der Waals surface area (Å²) in [5, 5.41) is 17.0. The van der Waals surface area contributed by atoms with E-state index in [1.807, 2.05) is 0 Å². The van der Waals surface area contributed by atoms with E-state index in [0.717, 1.165) is 19.3 Å². The van der Waals surface area contributed by atoms with Crippen LogP contribution in [0.1, 0.15) is 44.7 Å². The molecule has 0 aliphatic heterocycles. The Hall–Kier alpha value is -3.21. The van der Waals surface area contributed by atoms with Gasteiger partial charge in [0.05, 0.1) is 23.6 Å². The van der Waals surface area contributed by atoms with Crippen LogP contribution in [0.25, 0.3) is 10.8 Å². The number of nitrogens with one attached hydrogen (secondary N) is 1. The third-order valence-corrected chi connectivity index (χ3v) is 5.60. The Labute approximate surface area is 168 Å². The first-order valence-corrected chi connectivity index (χ1v) is 9.73. The predicted octanol–water partition coefficient (Wildman–Crippen LogP) is 2.08. The number of hydrogen-bond acceptors (Lipinski definition) is 6. The Bertz CT molecular complexity index is 1020. The second-order valence-electron chi connectivity index (χ2n) is 7.46. The predicted molar refractivity (Wildman–Crippen MR) is 106 cm³/mol. The molecule has 3 rings (SSSR count). The van der Waals surface area contributed by atoms with Crippen molar-refractivity contribution in [2.24, 2.45) is 0 Å². The van der Waals surface area contributed by atoms with Crippen molar-refractivity contribution in [2.75, 3.05) is 7.05 Å². The number of likely N-dealkylation sites (N-methyl/N-ethyl adjacent to an activating group) is 1. The number of esters is 1. The highest BCUT2D eigenvalue weighted by molar-refractivity contribution is 5.88. The Kier molecular flexibility index (Phi) is 5.97. The molecule has 0 unspecified atom stereocenters. The number of aromatic amines is 1. The van der Waals surface area contributed by atoms with Gasteiger partial charge in [-0.15, -0.1) is 0 Å². The maximum atomic E-state index is 12.8. The molecular weight excluding hydrogens is 372 g/mol. The van der Waals surface area contributed by atoms with E-state index in [-0.39, 0.29) is 12.0 Å². The molecule has 1 atom stereocenters. The number of fused-ring (bicyclic) bond motifs is 1. The molecule has 1 saturated carbocycles. The molecular formula is C21H24N4O4. The highest BCUT2D eigenvalue weighted by Gasteiger charge is 2.40. The third-order valence-electron chi connectivity index (χ3n) is 5.60. The van der Waals surface area contributed by atoms with Crippen LogP contribution in [0.4, 0.5) is 0 Å². The van der Waals surface area contributed by atoms with Crippen LogP contribution < -0.4 is 5.56 Å². The first kappa shape index (κ1) is 20.5. The number of H-pyrrole nitrogens is 1. The smallest absolute Gasteiger partial charge is 0.312 e. The summed E-state index contributed by atoms with van der Waals surface area (Å²) in [5.41, 5.74) is -0.802. The van der Waals surface area contributed by atoms with Gasteiger partial charge in [0, 0.05) is 12.4 Å². The summed E-state index contributed by atoms with van der Waals surface area (Å²) in [5.74, 6) is -1.03. The van der Waals surface area contributed by atoms with Crippen molar-refractivity contribution < 1.29 is 14.3 Å². The zero-order valence-corrected chi connectivity index (χ0v) is 16.6. The van der Waals surface area contributed by atoms with Crippen molar-refractivity contribution in [3.8, 4) is 6.07 Å². The molecule has 0 bridgehead atoms. The number of aromatic nitrogens is 2. The largest absolute Gasteiger partial charge is 0.452 e. The minimum absolute atomic E-state index is 0.179. The molecule has 0 radical (unpaired) electrons. The average Bonchev–Trinajstić information content (AvgIpc) is 2.75. The fraction of sp³-hybridized carbons (Fsp3) is 0.476. The van der Waals surface area contributed by atoms with Gasteiger partial charge in [-0.2, -0.15) is 10.4 Å². The molecule has 8 nitrogen and oxygen atoms in total. The van der Waals surface area contributed by atoms with Crippen LogP contribution in [0, 0.1) is 11.3 Å². The highest BCUT2D eigenvalue weighted by atomic mass is 16.5.